The third-order valence-electron chi connectivity index (χ3n) is 11.4. The Morgan fingerprint density at radius 2 is 1.88 bits per heavy atom. The Labute approximate surface area is 288 Å². The predicted octanol–water partition coefficient (Wildman–Crippen LogP) is 7.13. The number of phenolic OH excluding ortho intramolecular Hbond substituents is 1. The van der Waals surface area contributed by atoms with Gasteiger partial charge in [-0.25, -0.2) is 8.78 Å². The number of fused-ring (bicyclic) bond motifs is 5. The van der Waals surface area contributed by atoms with E-state index in [1.807, 2.05) is 0 Å². The second-order valence-electron chi connectivity index (χ2n) is 14.8. The minimum Gasteiger partial charge on any atom is -0.508 e. The van der Waals surface area contributed by atoms with Crippen molar-refractivity contribution in [1.82, 2.24) is 20.2 Å². The molecule has 0 radical (unpaired) electrons. The van der Waals surface area contributed by atoms with Crippen molar-refractivity contribution in [3.63, 3.8) is 0 Å². The first-order valence-corrected chi connectivity index (χ1v) is 17.3. The maximum Gasteiger partial charge on any atom is 0.319 e. The molecular formula is C39H36ClF2N5O2. The number of anilines is 1. The molecule has 0 amide bonds. The van der Waals surface area contributed by atoms with Gasteiger partial charge in [0.2, 0.25) is 0 Å². The third-order valence-corrected chi connectivity index (χ3v) is 11.7. The van der Waals surface area contributed by atoms with Gasteiger partial charge in [-0.15, -0.1) is 6.42 Å². The summed E-state index contributed by atoms with van der Waals surface area (Å²) in [6.07, 6.45) is 11.9. The molecule has 250 valence electrons. The van der Waals surface area contributed by atoms with E-state index in [0.29, 0.717) is 41.7 Å². The molecule has 5 fully saturated rings. The number of aromatic hydroxyl groups is 1. The third kappa shape index (κ3) is 4.83. The molecule has 5 heterocycles. The van der Waals surface area contributed by atoms with Crippen molar-refractivity contribution in [1.29, 1.82) is 0 Å². The molecule has 10 heteroatoms. The van der Waals surface area contributed by atoms with Gasteiger partial charge in [0.15, 0.2) is 5.82 Å². The van der Waals surface area contributed by atoms with E-state index < -0.39 is 11.6 Å². The van der Waals surface area contributed by atoms with E-state index in [9.17, 15) is 5.11 Å². The average Bonchev–Trinajstić information content (AvgIpc) is 3.75. The lowest BCUT2D eigenvalue weighted by Gasteiger charge is -2.42. The number of aromatic nitrogens is 2. The summed E-state index contributed by atoms with van der Waals surface area (Å²) in [5.74, 6) is 2.09. The topological polar surface area (TPSA) is 73.8 Å². The van der Waals surface area contributed by atoms with Crippen LogP contribution in [0.15, 0.2) is 54.6 Å². The van der Waals surface area contributed by atoms with Crippen molar-refractivity contribution in [2.45, 2.75) is 55.6 Å². The highest BCUT2D eigenvalue weighted by Gasteiger charge is 2.53. The highest BCUT2D eigenvalue weighted by Crippen LogP contribution is 2.50. The number of phenols is 1. The zero-order valence-corrected chi connectivity index (χ0v) is 27.8. The molecule has 1 saturated carbocycles. The summed E-state index contributed by atoms with van der Waals surface area (Å²) in [7, 11) is 0. The van der Waals surface area contributed by atoms with Crippen LogP contribution in [0.2, 0.25) is 5.02 Å². The van der Waals surface area contributed by atoms with Gasteiger partial charge in [-0.05, 0) is 79.7 Å². The molecule has 0 spiro atoms. The molecule has 2 N–H and O–H groups in total. The monoisotopic (exact) mass is 679 g/mol. The normalized spacial score (nSPS) is 24.6. The average molecular weight is 680 g/mol. The van der Waals surface area contributed by atoms with Crippen LogP contribution in [-0.4, -0.2) is 69.9 Å². The Hall–Kier alpha value is -4.23. The summed E-state index contributed by atoms with van der Waals surface area (Å²) in [5.41, 5.74) is 2.11. The van der Waals surface area contributed by atoms with Gasteiger partial charge >= 0.3 is 6.01 Å². The number of benzene rings is 3. The van der Waals surface area contributed by atoms with Gasteiger partial charge in [0.05, 0.1) is 16.1 Å². The van der Waals surface area contributed by atoms with Crippen LogP contribution in [-0.2, 0) is 0 Å². The first kappa shape index (κ1) is 30.8. The van der Waals surface area contributed by atoms with Crippen LogP contribution in [0, 0.1) is 29.9 Å². The maximum atomic E-state index is 17.3. The number of nitrogens with zero attached hydrogens (tertiary/aromatic N) is 4. The molecule has 1 aliphatic carbocycles. The lowest BCUT2D eigenvalue weighted by Crippen LogP contribution is -2.61. The van der Waals surface area contributed by atoms with Crippen LogP contribution < -0.4 is 15.0 Å². The fourth-order valence-electron chi connectivity index (χ4n) is 9.29. The fraction of sp³-hybridized carbons (Fsp3) is 0.385. The zero-order chi connectivity index (χ0) is 33.8. The number of halogens is 3. The SMILES string of the molecule is C#Cc1c(F)ccc2cc(O)cc(-c3c(Cl)cc4c(N5C[C@@H]6CC[C@](C7CC7)(C5)N6)nc(OCC56CC(=C)CN5CC(=C)C6)nc4c3F)c12. The van der Waals surface area contributed by atoms with Crippen LogP contribution in [0.3, 0.4) is 0 Å². The van der Waals surface area contributed by atoms with Crippen LogP contribution in [0.1, 0.15) is 44.1 Å². The van der Waals surface area contributed by atoms with E-state index in [1.165, 1.54) is 37.1 Å². The molecule has 5 aliphatic rings. The minimum absolute atomic E-state index is 0.00640. The first-order chi connectivity index (χ1) is 23.6. The molecule has 49 heavy (non-hydrogen) atoms. The summed E-state index contributed by atoms with van der Waals surface area (Å²) in [4.78, 5) is 14.3. The molecular weight excluding hydrogens is 644 g/mol. The molecule has 4 aromatic rings. The number of hydrogen-bond acceptors (Lipinski definition) is 7. The van der Waals surface area contributed by atoms with E-state index in [0.717, 1.165) is 56.5 Å². The van der Waals surface area contributed by atoms with Crippen molar-refractivity contribution < 1.29 is 18.6 Å². The Bertz CT molecular complexity index is 2160. The predicted molar refractivity (Wildman–Crippen MR) is 188 cm³/mol. The summed E-state index contributed by atoms with van der Waals surface area (Å²) in [5, 5.41) is 15.9. The van der Waals surface area contributed by atoms with Crippen LogP contribution in [0.25, 0.3) is 32.8 Å². The Kier molecular flexibility index (Phi) is 6.84. The second kappa shape index (κ2) is 10.9. The molecule has 9 rings (SSSR count). The van der Waals surface area contributed by atoms with Crippen molar-refractivity contribution in [2.75, 3.05) is 37.7 Å². The quantitative estimate of drug-likeness (QED) is 0.166. The van der Waals surface area contributed by atoms with E-state index in [2.05, 4.69) is 34.2 Å². The Balaban J connectivity index is 1.22. The highest BCUT2D eigenvalue weighted by atomic mass is 35.5. The van der Waals surface area contributed by atoms with Gasteiger partial charge in [0.25, 0.3) is 0 Å². The molecule has 4 aliphatic heterocycles. The van der Waals surface area contributed by atoms with Gasteiger partial charge in [0.1, 0.15) is 29.5 Å². The number of hydrogen-bond donors (Lipinski definition) is 2. The number of piperazine rings is 1. The molecule has 3 aromatic carbocycles. The summed E-state index contributed by atoms with van der Waals surface area (Å²) in [6.45, 7) is 11.8. The number of terminal acetylenes is 1. The molecule has 1 aromatic heterocycles. The number of nitrogens with one attached hydrogen (secondary N) is 1. The molecule has 2 bridgehead atoms. The van der Waals surface area contributed by atoms with Crippen molar-refractivity contribution in [3.05, 3.63) is 76.9 Å². The molecule has 4 saturated heterocycles. The van der Waals surface area contributed by atoms with Gasteiger partial charge in [-0.1, -0.05) is 47.9 Å². The maximum absolute atomic E-state index is 17.3. The van der Waals surface area contributed by atoms with Crippen LogP contribution in [0.5, 0.6) is 11.8 Å². The van der Waals surface area contributed by atoms with Gasteiger partial charge < -0.3 is 20.1 Å². The number of rotatable bonds is 6. The van der Waals surface area contributed by atoms with Crippen molar-refractivity contribution in [3.8, 4) is 35.2 Å². The van der Waals surface area contributed by atoms with Crippen molar-refractivity contribution in [2.24, 2.45) is 5.92 Å². The van der Waals surface area contributed by atoms with E-state index in [4.69, 9.17) is 32.7 Å². The summed E-state index contributed by atoms with van der Waals surface area (Å²) < 4.78 is 38.7. The first-order valence-electron chi connectivity index (χ1n) is 16.9. The fourth-order valence-corrected chi connectivity index (χ4v) is 9.59. The number of ether oxygens (including phenoxy) is 1. The molecule has 0 unspecified atom stereocenters. The molecule has 2 atom stereocenters. The van der Waals surface area contributed by atoms with Gasteiger partial charge in [0, 0.05) is 54.1 Å². The minimum atomic E-state index is -0.728. The van der Waals surface area contributed by atoms with E-state index in [1.54, 1.807) is 6.07 Å². The van der Waals surface area contributed by atoms with E-state index >= 15 is 8.78 Å². The lowest BCUT2D eigenvalue weighted by molar-refractivity contribution is 0.108. The lowest BCUT2D eigenvalue weighted by atomic mass is 9.90. The standard InChI is InChI=1S/C39H36ClF2N5O2/c1-4-27-31(41)8-5-23-11-26(48)12-28(32(23)27)33-30(40)13-29-35(34(33)42)43-37(49-20-38-14-21(2)16-47(38)17-22(3)15-38)44-36(29)46-18-25-9-10-39(19-46,45-25)24-6-7-24/h1,5,8,11-13,24-25,45,48H,2-3,6-7,9-10,14-20H2/t25-,39+/m0/s1. The van der Waals surface area contributed by atoms with Crippen LogP contribution in [0.4, 0.5) is 14.6 Å². The summed E-state index contributed by atoms with van der Waals surface area (Å²) >= 11 is 6.97. The van der Waals surface area contributed by atoms with Crippen molar-refractivity contribution >= 4 is 39.1 Å². The second-order valence-corrected chi connectivity index (χ2v) is 15.3. The van der Waals surface area contributed by atoms with Crippen LogP contribution >= 0.6 is 11.6 Å². The Morgan fingerprint density at radius 3 is 2.61 bits per heavy atom. The van der Waals surface area contributed by atoms with Gasteiger partial charge in [-0.2, -0.15) is 9.97 Å². The smallest absolute Gasteiger partial charge is 0.319 e. The highest BCUT2D eigenvalue weighted by molar-refractivity contribution is 6.35. The molecule has 7 nitrogen and oxygen atoms in total. The van der Waals surface area contributed by atoms with Gasteiger partial charge in [-0.3, -0.25) is 4.90 Å². The largest absolute Gasteiger partial charge is 0.508 e. The zero-order valence-electron chi connectivity index (χ0n) is 27.1. The van der Waals surface area contributed by atoms with E-state index in [-0.39, 0.29) is 55.5 Å². The Morgan fingerprint density at radius 1 is 1.10 bits per heavy atom. The summed E-state index contributed by atoms with van der Waals surface area (Å²) in [6, 6.07) is 7.60.